The fourth-order valence-corrected chi connectivity index (χ4v) is 3.88. The van der Waals surface area contributed by atoms with Crippen molar-refractivity contribution in [2.24, 2.45) is 4.99 Å². The predicted octanol–water partition coefficient (Wildman–Crippen LogP) is 3.04. The Balaban J connectivity index is 2.59. The van der Waals surface area contributed by atoms with Crippen LogP contribution in [0.5, 0.6) is 0 Å². The lowest BCUT2D eigenvalue weighted by Gasteiger charge is -2.08. The van der Waals surface area contributed by atoms with E-state index in [0.717, 1.165) is 12.1 Å². The molecule has 0 atom stereocenters. The second-order valence-corrected chi connectivity index (χ2v) is 8.60. The summed E-state index contributed by atoms with van der Waals surface area (Å²) in [5.74, 6) is -0.438. The molecule has 0 spiro atoms. The van der Waals surface area contributed by atoms with Crippen molar-refractivity contribution in [2.45, 2.75) is 16.7 Å². The summed E-state index contributed by atoms with van der Waals surface area (Å²) in [5, 5.41) is 4.46. The van der Waals surface area contributed by atoms with Gasteiger partial charge in [0.25, 0.3) is 20.2 Å². The van der Waals surface area contributed by atoms with Crippen LogP contribution in [0.2, 0.25) is 0 Å². The summed E-state index contributed by atoms with van der Waals surface area (Å²) in [6.45, 7) is 1.23. The minimum Gasteiger partial charge on any atom is -0.326 e. The third-order valence-electron chi connectivity index (χ3n) is 3.50. The summed E-state index contributed by atoms with van der Waals surface area (Å²) >= 11 is 4.45. The first-order chi connectivity index (χ1) is 13.4. The summed E-state index contributed by atoms with van der Waals surface area (Å²) < 4.78 is 65.6. The number of hydrogen-bond acceptors (Lipinski definition) is 7. The van der Waals surface area contributed by atoms with Gasteiger partial charge < -0.3 is 5.32 Å². The SMILES string of the molecule is CC(=O)Nc1ccc(/C=C\c2ccc(N=C=S)cc2S(=O)(=O)O)c(S(=O)(=O)O)c1. The Morgan fingerprint density at radius 2 is 1.52 bits per heavy atom. The normalized spacial score (nSPS) is 11.8. The molecule has 0 radical (unpaired) electrons. The molecule has 0 heterocycles. The molecule has 0 unspecified atom stereocenters. The van der Waals surface area contributed by atoms with Gasteiger partial charge in [0.2, 0.25) is 5.91 Å². The van der Waals surface area contributed by atoms with Crippen LogP contribution in [0.4, 0.5) is 11.4 Å². The van der Waals surface area contributed by atoms with Crippen LogP contribution in [0, 0.1) is 0 Å². The van der Waals surface area contributed by atoms with E-state index in [4.69, 9.17) is 0 Å². The molecule has 2 aromatic rings. The lowest BCUT2D eigenvalue weighted by molar-refractivity contribution is -0.114. The van der Waals surface area contributed by atoms with Gasteiger partial charge in [-0.15, -0.1) is 0 Å². The van der Waals surface area contributed by atoms with Crippen LogP contribution in [0.3, 0.4) is 0 Å². The second-order valence-electron chi connectivity index (χ2n) is 5.64. The van der Waals surface area contributed by atoms with Crippen molar-refractivity contribution < 1.29 is 30.7 Å². The molecule has 152 valence electrons. The Labute approximate surface area is 172 Å². The summed E-state index contributed by atoms with van der Waals surface area (Å²) in [6.07, 6.45) is 2.46. The van der Waals surface area contributed by atoms with Crippen molar-refractivity contribution in [3.05, 3.63) is 47.5 Å². The first-order valence-electron chi connectivity index (χ1n) is 7.68. The van der Waals surface area contributed by atoms with Crippen molar-refractivity contribution in [1.82, 2.24) is 0 Å². The average molecular weight is 455 g/mol. The summed E-state index contributed by atoms with van der Waals surface area (Å²) in [7, 11) is -9.28. The van der Waals surface area contributed by atoms with E-state index in [1.165, 1.54) is 43.3 Å². The van der Waals surface area contributed by atoms with Crippen LogP contribution in [0.25, 0.3) is 12.2 Å². The van der Waals surface area contributed by atoms with Crippen LogP contribution in [-0.2, 0) is 25.0 Å². The van der Waals surface area contributed by atoms with E-state index in [0.29, 0.717) is 0 Å². The lowest BCUT2D eigenvalue weighted by Crippen LogP contribution is -2.08. The largest absolute Gasteiger partial charge is 0.326 e. The van der Waals surface area contributed by atoms with Gasteiger partial charge in [-0.05, 0) is 47.6 Å². The number of anilines is 1. The zero-order chi connectivity index (χ0) is 21.8. The number of nitrogens with zero attached hydrogens (tertiary/aromatic N) is 1. The Hall–Kier alpha value is -2.73. The van der Waals surface area contributed by atoms with Crippen LogP contribution in [0.1, 0.15) is 18.1 Å². The monoisotopic (exact) mass is 454 g/mol. The molecule has 0 fully saturated rings. The standard InChI is InChI=1S/C17H14N2O7S3/c1-11(20)19-15-7-5-13(17(9-15)29(24,25)26)3-2-12-4-6-14(18-10-27)8-16(12)28(21,22)23/h2-9H,1H3,(H,19,20)(H,21,22,23)(H,24,25,26)/b3-2-. The highest BCUT2D eigenvalue weighted by molar-refractivity contribution is 7.86. The molecule has 0 bridgehead atoms. The van der Waals surface area contributed by atoms with Gasteiger partial charge in [-0.1, -0.05) is 24.3 Å². The first kappa shape index (κ1) is 22.6. The maximum atomic E-state index is 11.7. The minimum absolute atomic E-state index is 0.0175. The topological polar surface area (TPSA) is 150 Å². The van der Waals surface area contributed by atoms with Gasteiger partial charge in [-0.2, -0.15) is 21.8 Å². The Kier molecular flexibility index (Phi) is 6.80. The first-order valence-corrected chi connectivity index (χ1v) is 11.0. The van der Waals surface area contributed by atoms with Crippen LogP contribution >= 0.6 is 12.2 Å². The fraction of sp³-hybridized carbons (Fsp3) is 0.0588. The summed E-state index contributed by atoms with van der Waals surface area (Å²) in [6, 6.07) is 7.57. The van der Waals surface area contributed by atoms with Crippen molar-refractivity contribution in [3.63, 3.8) is 0 Å². The lowest BCUT2D eigenvalue weighted by atomic mass is 10.1. The number of rotatable bonds is 6. The molecule has 2 rings (SSSR count). The number of aliphatic imine (C=N–C) groups is 1. The highest BCUT2D eigenvalue weighted by Crippen LogP contribution is 2.26. The molecule has 1 amide bonds. The van der Waals surface area contributed by atoms with Crippen LogP contribution in [0.15, 0.2) is 51.2 Å². The molecule has 0 saturated carbocycles. The summed E-state index contributed by atoms with van der Waals surface area (Å²) in [4.78, 5) is 13.8. The molecule has 0 aliphatic carbocycles. The maximum absolute atomic E-state index is 11.7. The van der Waals surface area contributed by atoms with Gasteiger partial charge in [-0.3, -0.25) is 13.9 Å². The quantitative estimate of drug-likeness (QED) is 0.261. The van der Waals surface area contributed by atoms with Crippen molar-refractivity contribution in [2.75, 3.05) is 5.32 Å². The molecule has 0 saturated heterocycles. The number of isothiocyanates is 1. The van der Waals surface area contributed by atoms with Gasteiger partial charge in [0, 0.05) is 12.6 Å². The molecule has 0 aromatic heterocycles. The average Bonchev–Trinajstić information content (AvgIpc) is 2.59. The Morgan fingerprint density at radius 1 is 1.00 bits per heavy atom. The molecule has 2 aromatic carbocycles. The van der Waals surface area contributed by atoms with Crippen molar-refractivity contribution in [1.29, 1.82) is 0 Å². The minimum atomic E-state index is -4.65. The van der Waals surface area contributed by atoms with Gasteiger partial charge in [0.05, 0.1) is 10.8 Å². The molecule has 3 N–H and O–H groups in total. The van der Waals surface area contributed by atoms with Crippen LogP contribution in [-0.4, -0.2) is 37.0 Å². The molecule has 9 nitrogen and oxygen atoms in total. The number of amides is 1. The van der Waals surface area contributed by atoms with E-state index < -0.39 is 35.9 Å². The molecule has 0 aliphatic heterocycles. The van der Waals surface area contributed by atoms with Gasteiger partial charge in [-0.25, -0.2) is 0 Å². The van der Waals surface area contributed by atoms with E-state index >= 15 is 0 Å². The second kappa shape index (κ2) is 8.74. The molecule has 29 heavy (non-hydrogen) atoms. The van der Waals surface area contributed by atoms with E-state index in [1.807, 2.05) is 0 Å². The molecular weight excluding hydrogens is 440 g/mol. The van der Waals surface area contributed by atoms with Gasteiger partial charge in [0.1, 0.15) is 9.79 Å². The van der Waals surface area contributed by atoms with E-state index in [9.17, 15) is 30.7 Å². The van der Waals surface area contributed by atoms with E-state index in [-0.39, 0.29) is 22.5 Å². The molecular formula is C17H14N2O7S3. The zero-order valence-electron chi connectivity index (χ0n) is 14.7. The third kappa shape index (κ3) is 6.12. The number of thiocarbonyl (C=S) groups is 1. The Bertz CT molecular complexity index is 1260. The predicted molar refractivity (Wildman–Crippen MR) is 110 cm³/mol. The zero-order valence-corrected chi connectivity index (χ0v) is 17.2. The number of carbonyl (C=O) groups is 1. The van der Waals surface area contributed by atoms with E-state index in [2.05, 4.69) is 27.7 Å². The Morgan fingerprint density at radius 3 is 2.00 bits per heavy atom. The molecule has 0 aliphatic rings. The van der Waals surface area contributed by atoms with Gasteiger partial charge >= 0.3 is 0 Å². The van der Waals surface area contributed by atoms with Gasteiger partial charge in [0.15, 0.2) is 0 Å². The summed E-state index contributed by atoms with van der Waals surface area (Å²) in [5.41, 5.74) is 0.332. The number of hydrogen-bond donors (Lipinski definition) is 3. The third-order valence-corrected chi connectivity index (χ3v) is 5.41. The van der Waals surface area contributed by atoms with E-state index in [1.54, 1.807) is 0 Å². The maximum Gasteiger partial charge on any atom is 0.295 e. The number of nitrogens with one attached hydrogen (secondary N) is 1. The highest BCUT2D eigenvalue weighted by Gasteiger charge is 2.17. The highest BCUT2D eigenvalue weighted by atomic mass is 32.2. The number of carbonyl (C=O) groups excluding carboxylic acids is 1. The fourth-order valence-electron chi connectivity index (χ4n) is 2.36. The smallest absolute Gasteiger partial charge is 0.295 e. The molecule has 12 heteroatoms. The van der Waals surface area contributed by atoms with Crippen LogP contribution < -0.4 is 5.32 Å². The van der Waals surface area contributed by atoms with Crippen molar-refractivity contribution >= 4 is 67.0 Å². The van der Waals surface area contributed by atoms with Crippen molar-refractivity contribution in [3.8, 4) is 0 Å². The number of benzene rings is 2.